The van der Waals surface area contributed by atoms with E-state index in [-0.39, 0.29) is 17.0 Å². The third-order valence-corrected chi connectivity index (χ3v) is 2.01. The Morgan fingerprint density at radius 2 is 1.94 bits per heavy atom. The molecule has 18 heavy (non-hydrogen) atoms. The molecule has 1 aromatic rings. The van der Waals surface area contributed by atoms with Crippen molar-refractivity contribution in [3.05, 3.63) is 17.5 Å². The number of nitrogens with zero attached hydrogens (tertiary/aromatic N) is 1. The Morgan fingerprint density at radius 1 is 1.33 bits per heavy atom. The topological polar surface area (TPSA) is 57.7 Å². The molecule has 0 saturated heterocycles. The van der Waals surface area contributed by atoms with Crippen molar-refractivity contribution >= 4 is 5.97 Å². The molecule has 1 rings (SSSR count). The van der Waals surface area contributed by atoms with Crippen LogP contribution >= 0.6 is 0 Å². The Bertz CT molecular complexity index is 459. The van der Waals surface area contributed by atoms with Gasteiger partial charge in [-0.15, -0.1) is 13.2 Å². The van der Waals surface area contributed by atoms with E-state index in [9.17, 15) is 18.0 Å². The Morgan fingerprint density at radius 3 is 2.39 bits per heavy atom. The Hall–Kier alpha value is -1.99. The molecule has 0 amide bonds. The Balaban J connectivity index is 3.34. The smallest absolute Gasteiger partial charge is 0.492 e. The fourth-order valence-electron chi connectivity index (χ4n) is 1.31. The SMILES string of the molecule is COC(=O)c1c(C)ncc(OC(F)(F)F)c1OC. The van der Waals surface area contributed by atoms with Crippen LogP contribution in [0.1, 0.15) is 16.1 Å². The van der Waals surface area contributed by atoms with Crippen LogP contribution in [0.5, 0.6) is 11.5 Å². The molecule has 0 aromatic carbocycles. The number of methoxy groups -OCH3 is 2. The van der Waals surface area contributed by atoms with E-state index in [0.717, 1.165) is 20.4 Å². The lowest BCUT2D eigenvalue weighted by molar-refractivity contribution is -0.275. The summed E-state index contributed by atoms with van der Waals surface area (Å²) >= 11 is 0. The molecule has 0 spiro atoms. The van der Waals surface area contributed by atoms with Gasteiger partial charge in [0.25, 0.3) is 0 Å². The number of carbonyl (C=O) groups excluding carboxylic acids is 1. The zero-order valence-corrected chi connectivity index (χ0v) is 9.79. The summed E-state index contributed by atoms with van der Waals surface area (Å²) in [5.74, 6) is -1.92. The van der Waals surface area contributed by atoms with Gasteiger partial charge in [-0.25, -0.2) is 4.79 Å². The van der Waals surface area contributed by atoms with Gasteiger partial charge in [0.1, 0.15) is 5.56 Å². The Labute approximate surface area is 100 Å². The van der Waals surface area contributed by atoms with E-state index in [1.54, 1.807) is 0 Å². The first-order valence-electron chi connectivity index (χ1n) is 4.67. The van der Waals surface area contributed by atoms with Crippen LogP contribution in [0, 0.1) is 6.92 Å². The molecule has 0 aliphatic rings. The molecular weight excluding hydrogens is 255 g/mol. The maximum Gasteiger partial charge on any atom is 0.573 e. The highest BCUT2D eigenvalue weighted by Gasteiger charge is 2.34. The van der Waals surface area contributed by atoms with Gasteiger partial charge >= 0.3 is 12.3 Å². The lowest BCUT2D eigenvalue weighted by Gasteiger charge is -2.15. The summed E-state index contributed by atoms with van der Waals surface area (Å²) in [5.41, 5.74) is -0.0324. The predicted octanol–water partition coefficient (Wildman–Crippen LogP) is 2.08. The highest BCUT2D eigenvalue weighted by molar-refractivity contribution is 5.94. The zero-order valence-electron chi connectivity index (χ0n) is 9.79. The van der Waals surface area contributed by atoms with Crippen LogP contribution < -0.4 is 9.47 Å². The monoisotopic (exact) mass is 265 g/mol. The van der Waals surface area contributed by atoms with Gasteiger partial charge in [-0.2, -0.15) is 0 Å². The number of halogens is 3. The summed E-state index contributed by atoms with van der Waals surface area (Å²) in [6, 6.07) is 0. The normalized spacial score (nSPS) is 11.0. The van der Waals surface area contributed by atoms with Crippen LogP contribution in [0.25, 0.3) is 0 Å². The summed E-state index contributed by atoms with van der Waals surface area (Å²) in [4.78, 5) is 15.1. The second kappa shape index (κ2) is 5.11. The standard InChI is InChI=1S/C10H10F3NO4/c1-5-7(9(15)17-3)8(16-2)6(4-14-5)18-10(11,12)13/h4H,1-3H3. The van der Waals surface area contributed by atoms with E-state index in [4.69, 9.17) is 4.74 Å². The van der Waals surface area contributed by atoms with Gasteiger partial charge in [-0.05, 0) is 6.92 Å². The highest BCUT2D eigenvalue weighted by atomic mass is 19.4. The molecule has 0 atom stereocenters. The number of aromatic nitrogens is 1. The molecule has 100 valence electrons. The number of pyridine rings is 1. The summed E-state index contributed by atoms with van der Waals surface area (Å²) in [5, 5.41) is 0. The van der Waals surface area contributed by atoms with Crippen molar-refractivity contribution in [3.8, 4) is 11.5 Å². The fraction of sp³-hybridized carbons (Fsp3) is 0.400. The first-order chi connectivity index (χ1) is 8.30. The lowest BCUT2D eigenvalue weighted by atomic mass is 10.2. The predicted molar refractivity (Wildman–Crippen MR) is 53.5 cm³/mol. The van der Waals surface area contributed by atoms with Crippen molar-refractivity contribution in [3.63, 3.8) is 0 Å². The van der Waals surface area contributed by atoms with Crippen LogP contribution in [-0.2, 0) is 4.74 Å². The van der Waals surface area contributed by atoms with Crippen LogP contribution in [0.4, 0.5) is 13.2 Å². The first kappa shape index (κ1) is 14.1. The molecule has 0 bridgehead atoms. The average molecular weight is 265 g/mol. The number of hydrogen-bond acceptors (Lipinski definition) is 5. The molecule has 0 aliphatic heterocycles. The summed E-state index contributed by atoms with van der Waals surface area (Å²) in [6.07, 6.45) is -4.08. The number of esters is 1. The zero-order chi connectivity index (χ0) is 13.9. The summed E-state index contributed by atoms with van der Waals surface area (Å²) in [7, 11) is 2.21. The maximum absolute atomic E-state index is 12.2. The van der Waals surface area contributed by atoms with E-state index in [1.165, 1.54) is 6.92 Å². The van der Waals surface area contributed by atoms with Gasteiger partial charge in [0.05, 0.1) is 26.1 Å². The van der Waals surface area contributed by atoms with Crippen LogP contribution in [-0.4, -0.2) is 31.5 Å². The van der Waals surface area contributed by atoms with Crippen molar-refractivity contribution in [1.29, 1.82) is 0 Å². The van der Waals surface area contributed by atoms with Crippen molar-refractivity contribution < 1.29 is 32.2 Å². The van der Waals surface area contributed by atoms with Crippen LogP contribution in [0.15, 0.2) is 6.20 Å². The third kappa shape index (κ3) is 3.02. The van der Waals surface area contributed by atoms with Crippen molar-refractivity contribution in [1.82, 2.24) is 4.98 Å². The van der Waals surface area contributed by atoms with Gasteiger partial charge in [0.2, 0.25) is 0 Å². The summed E-state index contributed by atoms with van der Waals surface area (Å²) in [6.45, 7) is 1.44. The second-order valence-corrected chi connectivity index (χ2v) is 3.16. The lowest BCUT2D eigenvalue weighted by Crippen LogP contribution is -2.19. The molecule has 5 nitrogen and oxygen atoms in total. The van der Waals surface area contributed by atoms with E-state index in [1.807, 2.05) is 0 Å². The Kier molecular flexibility index (Phi) is 4.00. The largest absolute Gasteiger partial charge is 0.573 e. The highest BCUT2D eigenvalue weighted by Crippen LogP contribution is 2.35. The maximum atomic E-state index is 12.2. The van der Waals surface area contributed by atoms with Crippen molar-refractivity contribution in [2.24, 2.45) is 0 Å². The molecule has 0 N–H and O–H groups in total. The van der Waals surface area contributed by atoms with E-state index in [0.29, 0.717) is 0 Å². The number of rotatable bonds is 3. The van der Waals surface area contributed by atoms with Crippen molar-refractivity contribution in [2.45, 2.75) is 13.3 Å². The quantitative estimate of drug-likeness (QED) is 0.783. The van der Waals surface area contributed by atoms with E-state index in [2.05, 4.69) is 14.5 Å². The molecular formula is C10H10F3NO4. The number of hydrogen-bond donors (Lipinski definition) is 0. The second-order valence-electron chi connectivity index (χ2n) is 3.16. The molecule has 0 radical (unpaired) electrons. The number of aryl methyl sites for hydroxylation is 1. The summed E-state index contributed by atoms with van der Waals surface area (Å²) < 4.78 is 49.4. The van der Waals surface area contributed by atoms with Gasteiger partial charge in [0.15, 0.2) is 11.5 Å². The number of ether oxygens (including phenoxy) is 3. The van der Waals surface area contributed by atoms with Crippen LogP contribution in [0.3, 0.4) is 0 Å². The van der Waals surface area contributed by atoms with Gasteiger partial charge in [0, 0.05) is 0 Å². The molecule has 0 aliphatic carbocycles. The minimum atomic E-state index is -4.91. The number of carbonyl (C=O) groups is 1. The van der Waals surface area contributed by atoms with E-state index < -0.39 is 18.1 Å². The molecule has 0 fully saturated rings. The van der Waals surface area contributed by atoms with Crippen LogP contribution in [0.2, 0.25) is 0 Å². The molecule has 1 aromatic heterocycles. The van der Waals surface area contributed by atoms with Crippen molar-refractivity contribution in [2.75, 3.05) is 14.2 Å². The van der Waals surface area contributed by atoms with Gasteiger partial charge < -0.3 is 14.2 Å². The minimum absolute atomic E-state index is 0.174. The number of alkyl halides is 3. The van der Waals surface area contributed by atoms with E-state index >= 15 is 0 Å². The minimum Gasteiger partial charge on any atom is -0.492 e. The molecule has 8 heteroatoms. The fourth-order valence-corrected chi connectivity index (χ4v) is 1.31. The molecule has 1 heterocycles. The first-order valence-corrected chi connectivity index (χ1v) is 4.67. The van der Waals surface area contributed by atoms with Gasteiger partial charge in [-0.1, -0.05) is 0 Å². The molecule has 0 unspecified atom stereocenters. The molecule has 0 saturated carbocycles. The average Bonchev–Trinajstić information content (AvgIpc) is 2.28. The third-order valence-electron chi connectivity index (χ3n) is 2.01. The van der Waals surface area contributed by atoms with Gasteiger partial charge in [-0.3, -0.25) is 4.98 Å².